The van der Waals surface area contributed by atoms with Crippen molar-refractivity contribution >= 4 is 17.5 Å². The highest BCUT2D eigenvalue weighted by molar-refractivity contribution is 6.30. The van der Waals surface area contributed by atoms with E-state index in [1.807, 2.05) is 19.2 Å². The van der Waals surface area contributed by atoms with Crippen LogP contribution < -0.4 is 5.32 Å². The number of hydrogen-bond donors (Lipinski definition) is 1. The molecule has 2 aliphatic heterocycles. The predicted octanol–water partition coefficient (Wildman–Crippen LogP) is 1.77. The van der Waals surface area contributed by atoms with E-state index in [1.165, 1.54) is 12.8 Å². The number of hydrogen-bond acceptors (Lipinski definition) is 4. The van der Waals surface area contributed by atoms with Crippen molar-refractivity contribution in [1.82, 2.24) is 20.1 Å². The lowest BCUT2D eigenvalue weighted by Gasteiger charge is -2.33. The number of halogens is 1. The highest BCUT2D eigenvalue weighted by Crippen LogP contribution is 2.41. The van der Waals surface area contributed by atoms with Crippen LogP contribution in [0, 0.1) is 5.41 Å². The second-order valence-corrected chi connectivity index (χ2v) is 7.39. The Labute approximate surface area is 143 Å². The molecule has 6 heteroatoms. The van der Waals surface area contributed by atoms with Crippen LogP contribution in [-0.2, 0) is 11.3 Å². The number of nitrogens with one attached hydrogen (secondary N) is 1. The molecule has 1 unspecified atom stereocenters. The summed E-state index contributed by atoms with van der Waals surface area (Å²) >= 11 is 6.11. The van der Waals surface area contributed by atoms with Crippen molar-refractivity contribution in [2.45, 2.75) is 31.8 Å². The van der Waals surface area contributed by atoms with Gasteiger partial charge in [0.1, 0.15) is 5.15 Å². The van der Waals surface area contributed by atoms with E-state index in [0.717, 1.165) is 31.6 Å². The molecule has 5 nitrogen and oxygen atoms in total. The van der Waals surface area contributed by atoms with Crippen LogP contribution in [0.1, 0.15) is 24.8 Å². The van der Waals surface area contributed by atoms with Crippen LogP contribution >= 0.6 is 11.6 Å². The average Bonchev–Trinajstić information content (AvgIpc) is 2.85. The molecule has 1 aromatic heterocycles. The fourth-order valence-corrected chi connectivity index (χ4v) is 4.17. The van der Waals surface area contributed by atoms with Crippen LogP contribution in [0.15, 0.2) is 18.3 Å². The lowest BCUT2D eigenvalue weighted by molar-refractivity contribution is -0.134. The Hall–Kier alpha value is -1.17. The SMILES string of the molecule is CN(Cc1cccnc1Cl)C(=O)C1CC2(CCNCC2)CN1C. The zero-order chi connectivity index (χ0) is 16.4. The van der Waals surface area contributed by atoms with Gasteiger partial charge >= 0.3 is 0 Å². The first-order valence-corrected chi connectivity index (χ1v) is 8.64. The van der Waals surface area contributed by atoms with E-state index in [2.05, 4.69) is 22.2 Å². The summed E-state index contributed by atoms with van der Waals surface area (Å²) in [6, 6.07) is 3.75. The molecule has 1 aromatic rings. The van der Waals surface area contributed by atoms with Crippen LogP contribution in [0.4, 0.5) is 0 Å². The van der Waals surface area contributed by atoms with E-state index in [1.54, 1.807) is 11.1 Å². The molecule has 1 N–H and O–H groups in total. The summed E-state index contributed by atoms with van der Waals surface area (Å²) in [6.07, 6.45) is 4.97. The van der Waals surface area contributed by atoms with Gasteiger partial charge in [0.05, 0.1) is 6.04 Å². The van der Waals surface area contributed by atoms with Crippen molar-refractivity contribution in [2.24, 2.45) is 5.41 Å². The summed E-state index contributed by atoms with van der Waals surface area (Å²) in [4.78, 5) is 21.0. The second kappa shape index (κ2) is 6.75. The first-order chi connectivity index (χ1) is 11.0. The van der Waals surface area contributed by atoms with Crippen LogP contribution in [0.5, 0.6) is 0 Å². The van der Waals surface area contributed by atoms with Crippen LogP contribution in [0.2, 0.25) is 5.15 Å². The minimum atomic E-state index is -0.0199. The van der Waals surface area contributed by atoms with Crippen LogP contribution in [0.25, 0.3) is 0 Å². The van der Waals surface area contributed by atoms with Gasteiger partial charge in [-0.2, -0.15) is 0 Å². The molecule has 2 aliphatic rings. The Morgan fingerprint density at radius 1 is 1.52 bits per heavy atom. The molecule has 126 valence electrons. The van der Waals surface area contributed by atoms with Crippen molar-refractivity contribution in [3.8, 4) is 0 Å². The molecule has 0 aromatic carbocycles. The zero-order valence-electron chi connectivity index (χ0n) is 13.9. The van der Waals surface area contributed by atoms with E-state index >= 15 is 0 Å². The monoisotopic (exact) mass is 336 g/mol. The summed E-state index contributed by atoms with van der Waals surface area (Å²) < 4.78 is 0. The van der Waals surface area contributed by atoms with E-state index < -0.39 is 0 Å². The Morgan fingerprint density at radius 3 is 2.96 bits per heavy atom. The zero-order valence-corrected chi connectivity index (χ0v) is 14.6. The quantitative estimate of drug-likeness (QED) is 0.855. The highest BCUT2D eigenvalue weighted by Gasteiger charge is 2.46. The number of pyridine rings is 1. The molecular weight excluding hydrogens is 312 g/mol. The van der Waals surface area contributed by atoms with Gasteiger partial charge in [0, 0.05) is 31.9 Å². The number of carbonyl (C=O) groups excluding carboxylic acids is 1. The molecule has 2 saturated heterocycles. The lowest BCUT2D eigenvalue weighted by atomic mass is 9.77. The van der Waals surface area contributed by atoms with Gasteiger partial charge < -0.3 is 10.2 Å². The van der Waals surface area contributed by atoms with Gasteiger partial charge in [-0.25, -0.2) is 4.98 Å². The first-order valence-electron chi connectivity index (χ1n) is 8.26. The summed E-state index contributed by atoms with van der Waals surface area (Å²) in [5, 5.41) is 3.89. The average molecular weight is 337 g/mol. The number of rotatable bonds is 3. The van der Waals surface area contributed by atoms with Gasteiger partial charge in [0.15, 0.2) is 0 Å². The molecule has 0 bridgehead atoms. The number of carbonyl (C=O) groups is 1. The van der Waals surface area contributed by atoms with Crippen molar-refractivity contribution in [3.05, 3.63) is 29.0 Å². The highest BCUT2D eigenvalue weighted by atomic mass is 35.5. The lowest BCUT2D eigenvalue weighted by Crippen LogP contribution is -2.42. The minimum Gasteiger partial charge on any atom is -0.340 e. The van der Waals surface area contributed by atoms with Crippen LogP contribution in [0.3, 0.4) is 0 Å². The number of likely N-dealkylation sites (tertiary alicyclic amines) is 1. The predicted molar refractivity (Wildman–Crippen MR) is 91.3 cm³/mol. The molecule has 0 radical (unpaired) electrons. The second-order valence-electron chi connectivity index (χ2n) is 7.03. The normalized spacial score (nSPS) is 24.0. The molecule has 1 amide bonds. The summed E-state index contributed by atoms with van der Waals surface area (Å²) in [7, 11) is 3.93. The van der Waals surface area contributed by atoms with Crippen molar-refractivity contribution < 1.29 is 4.79 Å². The molecule has 23 heavy (non-hydrogen) atoms. The Morgan fingerprint density at radius 2 is 2.26 bits per heavy atom. The maximum atomic E-state index is 12.9. The van der Waals surface area contributed by atoms with Crippen molar-refractivity contribution in [2.75, 3.05) is 33.7 Å². The first kappa shape index (κ1) is 16.7. The molecule has 1 spiro atoms. The molecule has 3 rings (SSSR count). The third-order valence-corrected chi connectivity index (χ3v) is 5.65. The standard InChI is InChI=1S/C17H25ClN4O/c1-21(11-13-4-3-7-20-15(13)18)16(23)14-10-17(12-22(14)2)5-8-19-9-6-17/h3-4,7,14,19H,5-6,8-12H2,1-2H3. The van der Waals surface area contributed by atoms with Crippen LogP contribution in [-0.4, -0.2) is 60.5 Å². The maximum absolute atomic E-state index is 12.9. The number of likely N-dealkylation sites (N-methyl/N-ethyl adjacent to an activating group) is 2. The van der Waals surface area contributed by atoms with E-state index in [9.17, 15) is 4.79 Å². The van der Waals surface area contributed by atoms with E-state index in [-0.39, 0.29) is 11.9 Å². The smallest absolute Gasteiger partial charge is 0.239 e. The largest absolute Gasteiger partial charge is 0.340 e. The van der Waals surface area contributed by atoms with Crippen molar-refractivity contribution in [3.63, 3.8) is 0 Å². The molecule has 3 heterocycles. The Kier molecular flexibility index (Phi) is 4.90. The fourth-order valence-electron chi connectivity index (χ4n) is 3.99. The molecule has 2 fully saturated rings. The molecule has 0 saturated carbocycles. The third kappa shape index (κ3) is 3.52. The fraction of sp³-hybridized carbons (Fsp3) is 0.647. The van der Waals surface area contributed by atoms with Gasteiger partial charge in [-0.15, -0.1) is 0 Å². The molecule has 0 aliphatic carbocycles. The van der Waals surface area contributed by atoms with E-state index in [4.69, 9.17) is 11.6 Å². The van der Waals surface area contributed by atoms with E-state index in [0.29, 0.717) is 17.1 Å². The number of amides is 1. The number of piperidine rings is 1. The third-order valence-electron chi connectivity index (χ3n) is 5.31. The summed E-state index contributed by atoms with van der Waals surface area (Å²) in [6.45, 7) is 3.66. The van der Waals surface area contributed by atoms with Gasteiger partial charge in [-0.1, -0.05) is 17.7 Å². The maximum Gasteiger partial charge on any atom is 0.239 e. The van der Waals surface area contributed by atoms with Gasteiger partial charge in [-0.3, -0.25) is 9.69 Å². The summed E-state index contributed by atoms with van der Waals surface area (Å²) in [5.41, 5.74) is 1.20. The van der Waals surface area contributed by atoms with Gasteiger partial charge in [-0.05, 0) is 50.9 Å². The number of aromatic nitrogens is 1. The summed E-state index contributed by atoms with van der Waals surface area (Å²) in [5.74, 6) is 0.183. The minimum absolute atomic E-state index is 0.0199. The van der Waals surface area contributed by atoms with Gasteiger partial charge in [0.2, 0.25) is 5.91 Å². The molecule has 1 atom stereocenters. The topological polar surface area (TPSA) is 48.5 Å². The molecular formula is C17H25ClN4O. The Balaban J connectivity index is 1.66. The number of nitrogens with zero attached hydrogens (tertiary/aromatic N) is 3. The van der Waals surface area contributed by atoms with Crippen molar-refractivity contribution in [1.29, 1.82) is 0 Å². The Bertz CT molecular complexity index is 573. The van der Waals surface area contributed by atoms with Gasteiger partial charge in [0.25, 0.3) is 0 Å².